The van der Waals surface area contributed by atoms with Crippen LogP contribution < -0.4 is 15.8 Å². The molecule has 1 heterocycles. The first-order valence-electron chi connectivity index (χ1n) is 5.63. The summed E-state index contributed by atoms with van der Waals surface area (Å²) in [6.07, 6.45) is 0.343. The lowest BCUT2D eigenvalue weighted by atomic mass is 9.99. The van der Waals surface area contributed by atoms with E-state index in [2.05, 4.69) is 10.6 Å². The van der Waals surface area contributed by atoms with Gasteiger partial charge in [0.05, 0.1) is 12.4 Å². The third-order valence-electron chi connectivity index (χ3n) is 2.68. The van der Waals surface area contributed by atoms with Gasteiger partial charge in [-0.05, 0) is 6.42 Å². The van der Waals surface area contributed by atoms with Gasteiger partial charge in [-0.25, -0.2) is 23.1 Å². The highest BCUT2D eigenvalue weighted by Gasteiger charge is 2.43. The molecule has 0 aromatic heterocycles. The number of primary sulfonamides is 1. The van der Waals surface area contributed by atoms with Crippen LogP contribution in [0.5, 0.6) is 0 Å². The van der Waals surface area contributed by atoms with Crippen LogP contribution in [0, 0.1) is 0 Å². The van der Waals surface area contributed by atoms with Crippen molar-refractivity contribution < 1.29 is 27.9 Å². The molecule has 1 aliphatic rings. The van der Waals surface area contributed by atoms with Gasteiger partial charge in [0.15, 0.2) is 5.54 Å². The summed E-state index contributed by atoms with van der Waals surface area (Å²) >= 11 is 0. The van der Waals surface area contributed by atoms with Gasteiger partial charge in [0.1, 0.15) is 0 Å². The van der Waals surface area contributed by atoms with Crippen molar-refractivity contribution in [2.24, 2.45) is 5.14 Å². The molecule has 1 rings (SSSR count). The molecule has 0 aromatic carbocycles. The smallest absolute Gasteiger partial charge is 0.332 e. The lowest BCUT2D eigenvalue weighted by Crippen LogP contribution is -2.57. The number of sulfonamides is 1. The van der Waals surface area contributed by atoms with E-state index in [0.717, 1.165) is 0 Å². The normalized spacial score (nSPS) is 23.0. The first kappa shape index (κ1) is 15.7. The number of carbonyl (C=O) groups excluding carboxylic acids is 1. The Bertz CT molecular complexity index is 443. The van der Waals surface area contributed by atoms with Gasteiger partial charge in [0.25, 0.3) is 0 Å². The molecule has 19 heavy (non-hydrogen) atoms. The van der Waals surface area contributed by atoms with Crippen LogP contribution in [0.15, 0.2) is 0 Å². The highest BCUT2D eigenvalue weighted by Crippen LogP contribution is 2.18. The number of urea groups is 1. The minimum Gasteiger partial charge on any atom is -0.479 e. The Labute approximate surface area is 110 Å². The van der Waals surface area contributed by atoms with Crippen LogP contribution in [0.1, 0.15) is 12.8 Å². The van der Waals surface area contributed by atoms with E-state index in [4.69, 9.17) is 15.0 Å². The molecule has 0 aromatic rings. The van der Waals surface area contributed by atoms with E-state index in [1.807, 2.05) is 0 Å². The number of carboxylic acid groups (broad SMARTS) is 1. The van der Waals surface area contributed by atoms with E-state index in [-0.39, 0.29) is 38.4 Å². The Balaban J connectivity index is 2.36. The van der Waals surface area contributed by atoms with Crippen LogP contribution in [-0.4, -0.2) is 56.6 Å². The predicted octanol–water partition coefficient (Wildman–Crippen LogP) is -1.79. The van der Waals surface area contributed by atoms with Gasteiger partial charge in [-0.3, -0.25) is 0 Å². The maximum Gasteiger partial charge on any atom is 0.332 e. The second kappa shape index (κ2) is 6.17. The number of ether oxygens (including phenoxy) is 1. The lowest BCUT2D eigenvalue weighted by molar-refractivity contribution is -0.144. The summed E-state index contributed by atoms with van der Waals surface area (Å²) in [6, 6.07) is -0.678. The number of hydrogen-bond donors (Lipinski definition) is 4. The molecule has 1 aliphatic heterocycles. The zero-order valence-corrected chi connectivity index (χ0v) is 11.0. The largest absolute Gasteiger partial charge is 0.479 e. The molecule has 1 saturated heterocycles. The molecule has 110 valence electrons. The van der Waals surface area contributed by atoms with Gasteiger partial charge in [0.2, 0.25) is 10.0 Å². The van der Waals surface area contributed by atoms with Gasteiger partial charge in [-0.15, -0.1) is 0 Å². The number of amides is 2. The fourth-order valence-corrected chi connectivity index (χ4v) is 2.17. The Hall–Kier alpha value is -1.39. The summed E-state index contributed by atoms with van der Waals surface area (Å²) in [5.74, 6) is -1.41. The number of nitrogens with two attached hydrogens (primary N) is 1. The van der Waals surface area contributed by atoms with Crippen LogP contribution in [0.25, 0.3) is 0 Å². The zero-order valence-electron chi connectivity index (χ0n) is 10.2. The molecule has 10 heteroatoms. The molecule has 1 atom stereocenters. The minimum absolute atomic E-state index is 0.0822. The molecule has 9 nitrogen and oxygen atoms in total. The molecule has 1 fully saturated rings. The fourth-order valence-electron chi connectivity index (χ4n) is 1.62. The van der Waals surface area contributed by atoms with E-state index in [1.165, 1.54) is 0 Å². The number of aliphatic carboxylic acids is 1. The summed E-state index contributed by atoms with van der Waals surface area (Å²) in [7, 11) is -3.56. The number of carboxylic acids is 1. The Morgan fingerprint density at radius 3 is 2.58 bits per heavy atom. The molecular formula is C9H17N3O6S. The van der Waals surface area contributed by atoms with Crippen molar-refractivity contribution in [3.8, 4) is 0 Å². The monoisotopic (exact) mass is 295 g/mol. The summed E-state index contributed by atoms with van der Waals surface area (Å²) < 4.78 is 26.3. The Kier molecular flexibility index (Phi) is 5.09. The topological polar surface area (TPSA) is 148 Å². The van der Waals surface area contributed by atoms with Crippen molar-refractivity contribution in [2.45, 2.75) is 18.4 Å². The predicted molar refractivity (Wildman–Crippen MR) is 64.9 cm³/mol. The molecule has 0 radical (unpaired) electrons. The molecule has 2 amide bonds. The molecule has 5 N–H and O–H groups in total. The van der Waals surface area contributed by atoms with E-state index in [9.17, 15) is 18.0 Å². The van der Waals surface area contributed by atoms with Crippen molar-refractivity contribution in [3.05, 3.63) is 0 Å². The van der Waals surface area contributed by atoms with Crippen molar-refractivity contribution in [3.63, 3.8) is 0 Å². The average molecular weight is 295 g/mol. The first-order valence-corrected chi connectivity index (χ1v) is 7.34. The molecular weight excluding hydrogens is 278 g/mol. The van der Waals surface area contributed by atoms with Gasteiger partial charge in [-0.2, -0.15) is 0 Å². The van der Waals surface area contributed by atoms with Crippen molar-refractivity contribution in [1.29, 1.82) is 0 Å². The van der Waals surface area contributed by atoms with Crippen LogP contribution >= 0.6 is 0 Å². The highest BCUT2D eigenvalue weighted by molar-refractivity contribution is 7.89. The maximum atomic E-state index is 11.5. The Morgan fingerprint density at radius 1 is 1.42 bits per heavy atom. The number of carbonyl (C=O) groups is 2. The number of rotatable bonds is 6. The Morgan fingerprint density at radius 2 is 2.11 bits per heavy atom. The van der Waals surface area contributed by atoms with Crippen LogP contribution in [0.2, 0.25) is 0 Å². The molecule has 0 aliphatic carbocycles. The van der Waals surface area contributed by atoms with Crippen molar-refractivity contribution in [2.75, 3.05) is 25.5 Å². The SMILES string of the molecule is NS(=O)(=O)CCCNC(=O)NC1(C(=O)O)CCOC1. The second-order valence-electron chi connectivity index (χ2n) is 4.29. The lowest BCUT2D eigenvalue weighted by Gasteiger charge is -2.23. The van der Waals surface area contributed by atoms with Gasteiger partial charge >= 0.3 is 12.0 Å². The number of nitrogens with one attached hydrogen (secondary N) is 2. The van der Waals surface area contributed by atoms with Crippen molar-refractivity contribution >= 4 is 22.0 Å². The third kappa shape index (κ3) is 5.01. The maximum absolute atomic E-state index is 11.5. The average Bonchev–Trinajstić information content (AvgIpc) is 2.73. The standard InChI is InChI=1S/C9H17N3O6S/c10-19(16,17)5-1-3-11-8(15)12-9(7(13)14)2-4-18-6-9/h1-6H2,(H,13,14)(H2,10,16,17)(H2,11,12,15). The van der Waals surface area contributed by atoms with Crippen LogP contribution in [0.3, 0.4) is 0 Å². The second-order valence-corrected chi connectivity index (χ2v) is 6.03. The van der Waals surface area contributed by atoms with Gasteiger partial charge in [-0.1, -0.05) is 0 Å². The minimum atomic E-state index is -3.56. The van der Waals surface area contributed by atoms with Gasteiger partial charge < -0.3 is 20.5 Å². The highest BCUT2D eigenvalue weighted by atomic mass is 32.2. The van der Waals surface area contributed by atoms with E-state index in [1.54, 1.807) is 0 Å². The van der Waals surface area contributed by atoms with E-state index in [0.29, 0.717) is 0 Å². The van der Waals surface area contributed by atoms with Gasteiger partial charge in [0, 0.05) is 19.6 Å². The third-order valence-corrected chi connectivity index (χ3v) is 3.53. The molecule has 0 bridgehead atoms. The van der Waals surface area contributed by atoms with Crippen molar-refractivity contribution in [1.82, 2.24) is 10.6 Å². The van der Waals surface area contributed by atoms with E-state index >= 15 is 0 Å². The quantitative estimate of drug-likeness (QED) is 0.425. The summed E-state index contributed by atoms with van der Waals surface area (Å²) in [4.78, 5) is 22.6. The van der Waals surface area contributed by atoms with Crippen LogP contribution in [0.4, 0.5) is 4.79 Å². The zero-order chi connectivity index (χ0) is 14.5. The van der Waals surface area contributed by atoms with Crippen LogP contribution in [-0.2, 0) is 19.6 Å². The first-order chi connectivity index (χ1) is 8.75. The number of hydrogen-bond acceptors (Lipinski definition) is 5. The molecule has 0 saturated carbocycles. The van der Waals surface area contributed by atoms with E-state index < -0.39 is 27.6 Å². The summed E-state index contributed by atoms with van der Waals surface area (Å²) in [5, 5.41) is 18.6. The molecule has 0 spiro atoms. The fraction of sp³-hybridized carbons (Fsp3) is 0.778. The molecule has 1 unspecified atom stereocenters. The summed E-state index contributed by atoms with van der Waals surface area (Å²) in [5.41, 5.74) is -1.41. The summed E-state index contributed by atoms with van der Waals surface area (Å²) in [6.45, 7) is 0.254.